The van der Waals surface area contributed by atoms with Crippen LogP contribution in [0.1, 0.15) is 23.5 Å². The Morgan fingerprint density at radius 3 is 2.32 bits per heavy atom. The van der Waals surface area contributed by atoms with Crippen molar-refractivity contribution in [3.05, 3.63) is 72.6 Å². The van der Waals surface area contributed by atoms with Gasteiger partial charge in [-0.1, -0.05) is 48.5 Å². The number of anilines is 1. The van der Waals surface area contributed by atoms with E-state index in [1.807, 2.05) is 54.6 Å². The maximum Gasteiger partial charge on any atom is 0.185 e. The van der Waals surface area contributed by atoms with Crippen molar-refractivity contribution in [3.63, 3.8) is 0 Å². The molecule has 0 aliphatic carbocycles. The fraction of sp³-hybridized carbons (Fsp3) is 0.188. The van der Waals surface area contributed by atoms with E-state index in [9.17, 15) is 0 Å². The highest BCUT2D eigenvalue weighted by molar-refractivity contribution is 5.48. The van der Waals surface area contributed by atoms with Crippen LogP contribution in [0.3, 0.4) is 0 Å². The summed E-state index contributed by atoms with van der Waals surface area (Å²) >= 11 is 0. The SMILES string of the molecule is [CH2]C1OC(c2ccccc2)OC1c1ccccc1N. The molecule has 1 heterocycles. The van der Waals surface area contributed by atoms with Gasteiger partial charge in [0.15, 0.2) is 6.29 Å². The molecule has 97 valence electrons. The van der Waals surface area contributed by atoms with Crippen molar-refractivity contribution in [2.24, 2.45) is 0 Å². The molecule has 3 heteroatoms. The number of hydrogen-bond donors (Lipinski definition) is 1. The average Bonchev–Trinajstić information content (AvgIpc) is 2.82. The first-order valence-corrected chi connectivity index (χ1v) is 6.29. The van der Waals surface area contributed by atoms with Gasteiger partial charge in [-0.2, -0.15) is 0 Å². The summed E-state index contributed by atoms with van der Waals surface area (Å²) in [6.07, 6.45) is -0.880. The van der Waals surface area contributed by atoms with E-state index >= 15 is 0 Å². The Hall–Kier alpha value is -1.84. The fourth-order valence-electron chi connectivity index (χ4n) is 2.29. The van der Waals surface area contributed by atoms with Gasteiger partial charge in [-0.25, -0.2) is 0 Å². The molecule has 3 atom stereocenters. The number of rotatable bonds is 2. The van der Waals surface area contributed by atoms with Crippen LogP contribution in [-0.2, 0) is 9.47 Å². The molecule has 2 aromatic carbocycles. The van der Waals surface area contributed by atoms with E-state index in [-0.39, 0.29) is 18.5 Å². The third kappa shape index (κ3) is 2.35. The average molecular weight is 254 g/mol. The molecule has 1 radical (unpaired) electrons. The highest BCUT2D eigenvalue weighted by atomic mass is 16.7. The second kappa shape index (κ2) is 5.03. The van der Waals surface area contributed by atoms with Crippen molar-refractivity contribution in [2.75, 3.05) is 5.73 Å². The van der Waals surface area contributed by atoms with Crippen molar-refractivity contribution in [1.29, 1.82) is 0 Å². The van der Waals surface area contributed by atoms with Gasteiger partial charge in [0, 0.05) is 16.8 Å². The third-order valence-electron chi connectivity index (χ3n) is 3.28. The molecular weight excluding hydrogens is 238 g/mol. The Morgan fingerprint density at radius 2 is 1.58 bits per heavy atom. The van der Waals surface area contributed by atoms with E-state index in [1.165, 1.54) is 0 Å². The summed E-state index contributed by atoms with van der Waals surface area (Å²) in [7, 11) is 0. The minimum absolute atomic E-state index is 0.230. The lowest BCUT2D eigenvalue weighted by atomic mass is 10.0. The van der Waals surface area contributed by atoms with Crippen LogP contribution in [0.5, 0.6) is 0 Å². The monoisotopic (exact) mass is 254 g/mol. The zero-order chi connectivity index (χ0) is 13.2. The summed E-state index contributed by atoms with van der Waals surface area (Å²) < 4.78 is 11.7. The first-order chi connectivity index (χ1) is 9.25. The van der Waals surface area contributed by atoms with Crippen LogP contribution >= 0.6 is 0 Å². The summed E-state index contributed by atoms with van der Waals surface area (Å²) in [5.41, 5.74) is 8.62. The van der Waals surface area contributed by atoms with E-state index in [0.29, 0.717) is 5.69 Å². The highest BCUT2D eigenvalue weighted by Crippen LogP contribution is 2.40. The molecule has 1 aliphatic rings. The molecule has 1 fully saturated rings. The predicted molar refractivity (Wildman–Crippen MR) is 74.1 cm³/mol. The van der Waals surface area contributed by atoms with Gasteiger partial charge in [-0.05, 0) is 13.0 Å². The molecule has 0 spiro atoms. The minimum atomic E-state index is -0.381. The maximum atomic E-state index is 5.98. The standard InChI is InChI=1S/C16H16NO2/c1-11-15(13-9-5-6-10-14(13)17)19-16(18-11)12-7-3-2-4-8-12/h2-11,15-16H,1,17H2. The van der Waals surface area contributed by atoms with Crippen molar-refractivity contribution in [1.82, 2.24) is 0 Å². The van der Waals surface area contributed by atoms with E-state index in [2.05, 4.69) is 6.92 Å². The fourth-order valence-corrected chi connectivity index (χ4v) is 2.29. The van der Waals surface area contributed by atoms with Crippen LogP contribution in [0, 0.1) is 6.92 Å². The first kappa shape index (κ1) is 12.2. The largest absolute Gasteiger partial charge is 0.398 e. The van der Waals surface area contributed by atoms with E-state index in [0.717, 1.165) is 11.1 Å². The van der Waals surface area contributed by atoms with E-state index in [1.54, 1.807) is 0 Å². The van der Waals surface area contributed by atoms with E-state index in [4.69, 9.17) is 15.2 Å². The molecule has 1 aliphatic heterocycles. The van der Waals surface area contributed by atoms with Gasteiger partial charge in [-0.3, -0.25) is 0 Å². The number of hydrogen-bond acceptors (Lipinski definition) is 3. The second-order valence-corrected chi connectivity index (χ2v) is 4.60. The number of para-hydroxylation sites is 1. The van der Waals surface area contributed by atoms with Gasteiger partial charge >= 0.3 is 0 Å². The van der Waals surface area contributed by atoms with E-state index < -0.39 is 0 Å². The molecule has 1 saturated heterocycles. The minimum Gasteiger partial charge on any atom is -0.398 e. The Bertz CT molecular complexity index is 556. The molecule has 2 N–H and O–H groups in total. The lowest BCUT2D eigenvalue weighted by Crippen LogP contribution is -2.12. The maximum absolute atomic E-state index is 5.98. The molecular formula is C16H16NO2. The Kier molecular flexibility index (Phi) is 3.23. The molecule has 0 saturated carbocycles. The molecule has 2 aromatic rings. The molecule has 19 heavy (non-hydrogen) atoms. The normalized spacial score (nSPS) is 26.5. The molecule has 0 amide bonds. The zero-order valence-electron chi connectivity index (χ0n) is 10.5. The molecule has 3 rings (SSSR count). The van der Waals surface area contributed by atoms with Crippen LogP contribution in [0.15, 0.2) is 54.6 Å². The lowest BCUT2D eigenvalue weighted by Gasteiger charge is -2.15. The smallest absolute Gasteiger partial charge is 0.185 e. The van der Waals surface area contributed by atoms with Crippen LogP contribution in [0.25, 0.3) is 0 Å². The first-order valence-electron chi connectivity index (χ1n) is 6.29. The summed E-state index contributed by atoms with van der Waals surface area (Å²) in [6.45, 7) is 4.01. The highest BCUT2D eigenvalue weighted by Gasteiger charge is 2.35. The second-order valence-electron chi connectivity index (χ2n) is 4.60. The Morgan fingerprint density at radius 1 is 0.895 bits per heavy atom. The van der Waals surface area contributed by atoms with Crippen LogP contribution < -0.4 is 5.73 Å². The molecule has 0 bridgehead atoms. The summed E-state index contributed by atoms with van der Waals surface area (Å²) in [5.74, 6) is 0. The van der Waals surface area contributed by atoms with Gasteiger partial charge in [0.2, 0.25) is 0 Å². The number of nitrogen functional groups attached to an aromatic ring is 1. The van der Waals surface area contributed by atoms with Crippen molar-refractivity contribution in [2.45, 2.75) is 18.5 Å². The van der Waals surface area contributed by atoms with Gasteiger partial charge in [0.25, 0.3) is 0 Å². The van der Waals surface area contributed by atoms with Crippen molar-refractivity contribution >= 4 is 5.69 Å². The summed E-state index contributed by atoms with van der Waals surface area (Å²) in [4.78, 5) is 0. The van der Waals surface area contributed by atoms with Crippen LogP contribution in [0.2, 0.25) is 0 Å². The lowest BCUT2D eigenvalue weighted by molar-refractivity contribution is -0.0656. The predicted octanol–water partition coefficient (Wildman–Crippen LogP) is 3.26. The molecule has 3 unspecified atom stereocenters. The number of benzene rings is 2. The Balaban J connectivity index is 1.85. The third-order valence-corrected chi connectivity index (χ3v) is 3.28. The number of ether oxygens (including phenoxy) is 2. The summed E-state index contributed by atoms with van der Waals surface area (Å²) in [5, 5.41) is 0. The summed E-state index contributed by atoms with van der Waals surface area (Å²) in [6, 6.07) is 17.5. The van der Waals surface area contributed by atoms with Gasteiger partial charge in [0.1, 0.15) is 6.10 Å². The number of nitrogens with two attached hydrogens (primary N) is 1. The van der Waals surface area contributed by atoms with Crippen LogP contribution in [-0.4, -0.2) is 6.10 Å². The topological polar surface area (TPSA) is 44.5 Å². The quantitative estimate of drug-likeness (QED) is 0.837. The van der Waals surface area contributed by atoms with Gasteiger partial charge in [-0.15, -0.1) is 0 Å². The van der Waals surface area contributed by atoms with Crippen molar-refractivity contribution in [3.8, 4) is 0 Å². The van der Waals surface area contributed by atoms with Gasteiger partial charge < -0.3 is 15.2 Å². The van der Waals surface area contributed by atoms with Crippen LogP contribution in [0.4, 0.5) is 5.69 Å². The van der Waals surface area contributed by atoms with Crippen molar-refractivity contribution < 1.29 is 9.47 Å². The zero-order valence-corrected chi connectivity index (χ0v) is 10.5. The molecule has 3 nitrogen and oxygen atoms in total. The Labute approximate surface area is 113 Å². The van der Waals surface area contributed by atoms with Gasteiger partial charge in [0.05, 0.1) is 6.10 Å². The molecule has 0 aromatic heterocycles.